The minimum Gasteiger partial charge on any atom is -0.317 e. The molecule has 2 N–H and O–H groups in total. The van der Waals surface area contributed by atoms with Gasteiger partial charge in [0.25, 0.3) is 15.0 Å². The second-order valence-electron chi connectivity index (χ2n) is 9.13. The van der Waals surface area contributed by atoms with Crippen LogP contribution in [0.1, 0.15) is 41.5 Å². The molecular formula is C16H36N2O4P2. The van der Waals surface area contributed by atoms with Crippen LogP contribution < -0.4 is 10.2 Å². The Morgan fingerprint density at radius 1 is 0.750 bits per heavy atom. The lowest BCUT2D eigenvalue weighted by molar-refractivity contribution is 0.128. The molecule has 0 aromatic rings. The van der Waals surface area contributed by atoms with Crippen LogP contribution in [-0.4, -0.2) is 39.6 Å². The molecule has 0 saturated carbocycles. The first-order chi connectivity index (χ1) is 10.6. The Morgan fingerprint density at radius 2 is 1.04 bits per heavy atom. The minimum absolute atomic E-state index is 0.230. The van der Waals surface area contributed by atoms with Gasteiger partial charge in [0, 0.05) is 38.3 Å². The zero-order chi connectivity index (χ0) is 18.8. The van der Waals surface area contributed by atoms with E-state index < -0.39 is 15.0 Å². The van der Waals surface area contributed by atoms with Crippen LogP contribution >= 0.6 is 15.0 Å². The van der Waals surface area contributed by atoms with Crippen molar-refractivity contribution in [1.82, 2.24) is 10.2 Å². The molecule has 8 heteroatoms. The maximum Gasteiger partial charge on any atom is 0.266 e. The minimum atomic E-state index is -2.44. The van der Waals surface area contributed by atoms with E-state index in [-0.39, 0.29) is 10.8 Å². The molecule has 0 aliphatic carbocycles. The lowest BCUT2D eigenvalue weighted by Gasteiger charge is -2.36. The Labute approximate surface area is 147 Å². The monoisotopic (exact) mass is 382 g/mol. The van der Waals surface area contributed by atoms with Gasteiger partial charge in [-0.15, -0.1) is 0 Å². The predicted molar refractivity (Wildman–Crippen MR) is 101 cm³/mol. The van der Waals surface area contributed by atoms with Gasteiger partial charge in [0.2, 0.25) is 0 Å². The van der Waals surface area contributed by atoms with Gasteiger partial charge in [-0.25, -0.2) is 10.2 Å². The van der Waals surface area contributed by atoms with Gasteiger partial charge < -0.3 is 9.05 Å². The molecule has 4 unspecified atom stereocenters. The summed E-state index contributed by atoms with van der Waals surface area (Å²) in [4.78, 5) is 0. The van der Waals surface area contributed by atoms with Crippen molar-refractivity contribution in [2.75, 3.05) is 39.6 Å². The molecule has 0 bridgehead atoms. The Balaban J connectivity index is 0.000000240. The van der Waals surface area contributed by atoms with Gasteiger partial charge in [-0.1, -0.05) is 41.5 Å². The van der Waals surface area contributed by atoms with Gasteiger partial charge in [-0.05, 0) is 10.8 Å². The van der Waals surface area contributed by atoms with Crippen molar-refractivity contribution in [3.8, 4) is 0 Å². The summed E-state index contributed by atoms with van der Waals surface area (Å²) in [6.45, 7) is 19.1. The summed E-state index contributed by atoms with van der Waals surface area (Å²) in [7, 11) is -4.89. The van der Waals surface area contributed by atoms with E-state index in [4.69, 9.17) is 9.05 Å². The third-order valence-electron chi connectivity index (χ3n) is 4.74. The molecule has 0 aromatic carbocycles. The third kappa shape index (κ3) is 7.68. The van der Waals surface area contributed by atoms with E-state index in [1.54, 1.807) is 13.3 Å². The SMILES string of the molecule is CC(C)(C)C1CNP(C)(=O)OC1.CC(C)(C)C1CNP(C)(=O)OC1. The molecule has 2 heterocycles. The Kier molecular flexibility index (Phi) is 7.35. The molecule has 0 aromatic heterocycles. The van der Waals surface area contributed by atoms with Crippen LogP contribution in [0.25, 0.3) is 0 Å². The molecule has 2 aliphatic rings. The summed E-state index contributed by atoms with van der Waals surface area (Å²) in [6.07, 6.45) is 0. The van der Waals surface area contributed by atoms with E-state index in [0.717, 1.165) is 13.1 Å². The standard InChI is InChI=1S/2C8H18NO2P/c2*1-8(2,3)7-5-9-12(4,10)11-6-7/h2*7H,5-6H2,1-4H3,(H,9,10). The lowest BCUT2D eigenvalue weighted by Crippen LogP contribution is -2.38. The highest BCUT2D eigenvalue weighted by Crippen LogP contribution is 2.44. The maximum atomic E-state index is 11.4. The van der Waals surface area contributed by atoms with Crippen molar-refractivity contribution in [3.63, 3.8) is 0 Å². The highest BCUT2D eigenvalue weighted by Gasteiger charge is 2.33. The van der Waals surface area contributed by atoms with Crippen molar-refractivity contribution in [2.24, 2.45) is 22.7 Å². The van der Waals surface area contributed by atoms with E-state index in [9.17, 15) is 9.13 Å². The molecule has 6 nitrogen and oxygen atoms in total. The molecule has 0 radical (unpaired) electrons. The van der Waals surface area contributed by atoms with Crippen molar-refractivity contribution >= 4 is 15.0 Å². The summed E-state index contributed by atoms with van der Waals surface area (Å²) < 4.78 is 33.2. The zero-order valence-corrected chi connectivity index (χ0v) is 18.3. The molecule has 4 atom stereocenters. The smallest absolute Gasteiger partial charge is 0.266 e. The Morgan fingerprint density at radius 3 is 1.21 bits per heavy atom. The summed E-state index contributed by atoms with van der Waals surface area (Å²) >= 11 is 0. The predicted octanol–water partition coefficient (Wildman–Crippen LogP) is 4.18. The second-order valence-corrected chi connectivity index (χ2v) is 13.7. The highest BCUT2D eigenvalue weighted by atomic mass is 31.2. The van der Waals surface area contributed by atoms with Gasteiger partial charge >= 0.3 is 0 Å². The zero-order valence-electron chi connectivity index (χ0n) is 16.5. The number of rotatable bonds is 0. The second kappa shape index (κ2) is 7.90. The largest absolute Gasteiger partial charge is 0.317 e. The van der Waals surface area contributed by atoms with Crippen molar-refractivity contribution in [2.45, 2.75) is 41.5 Å². The van der Waals surface area contributed by atoms with E-state index >= 15 is 0 Å². The first-order valence-corrected chi connectivity index (χ1v) is 12.7. The normalized spacial score (nSPS) is 38.2. The molecular weight excluding hydrogens is 346 g/mol. The fraction of sp³-hybridized carbons (Fsp3) is 1.00. The molecule has 2 rings (SSSR count). The van der Waals surface area contributed by atoms with E-state index in [0.29, 0.717) is 25.0 Å². The average Bonchev–Trinajstić information content (AvgIpc) is 2.36. The van der Waals surface area contributed by atoms with Crippen LogP contribution in [0.3, 0.4) is 0 Å². The fourth-order valence-corrected chi connectivity index (χ4v) is 4.55. The number of nitrogens with one attached hydrogen (secondary N) is 2. The first-order valence-electron chi connectivity index (χ1n) is 8.57. The maximum absolute atomic E-state index is 11.4. The van der Waals surface area contributed by atoms with Crippen molar-refractivity contribution in [3.05, 3.63) is 0 Å². The highest BCUT2D eigenvalue weighted by molar-refractivity contribution is 7.56. The molecule has 24 heavy (non-hydrogen) atoms. The molecule has 0 spiro atoms. The molecule has 2 saturated heterocycles. The van der Waals surface area contributed by atoms with Gasteiger partial charge in [-0.2, -0.15) is 0 Å². The van der Waals surface area contributed by atoms with Gasteiger partial charge in [0.05, 0.1) is 13.2 Å². The summed E-state index contributed by atoms with van der Waals surface area (Å²) in [5.41, 5.74) is 0.459. The van der Waals surface area contributed by atoms with Crippen LogP contribution in [0, 0.1) is 22.7 Å². The first kappa shape index (κ1) is 22.3. The lowest BCUT2D eigenvalue weighted by atomic mass is 9.81. The van der Waals surface area contributed by atoms with Crippen LogP contribution in [0.2, 0.25) is 0 Å². The summed E-state index contributed by atoms with van der Waals surface area (Å²) in [5.74, 6) is 0.916. The van der Waals surface area contributed by atoms with Gasteiger partial charge in [-0.3, -0.25) is 9.13 Å². The molecule has 144 valence electrons. The summed E-state index contributed by atoms with van der Waals surface area (Å²) in [6, 6.07) is 0. The number of hydrogen-bond donors (Lipinski definition) is 2. The Bertz CT molecular complexity index is 441. The van der Waals surface area contributed by atoms with Gasteiger partial charge in [0.15, 0.2) is 0 Å². The fourth-order valence-electron chi connectivity index (χ4n) is 2.34. The molecule has 2 fully saturated rings. The van der Waals surface area contributed by atoms with Gasteiger partial charge in [0.1, 0.15) is 0 Å². The average molecular weight is 382 g/mol. The van der Waals surface area contributed by atoms with Crippen molar-refractivity contribution in [1.29, 1.82) is 0 Å². The third-order valence-corrected chi connectivity index (χ3v) is 7.54. The van der Waals surface area contributed by atoms with Crippen LogP contribution in [0.5, 0.6) is 0 Å². The molecule has 2 aliphatic heterocycles. The van der Waals surface area contributed by atoms with Crippen LogP contribution in [0.15, 0.2) is 0 Å². The van der Waals surface area contributed by atoms with E-state index in [1.165, 1.54) is 0 Å². The van der Waals surface area contributed by atoms with Crippen molar-refractivity contribution < 1.29 is 18.2 Å². The van der Waals surface area contributed by atoms with Crippen LogP contribution in [0.4, 0.5) is 0 Å². The topological polar surface area (TPSA) is 76.7 Å². The van der Waals surface area contributed by atoms with E-state index in [1.807, 2.05) is 0 Å². The quantitative estimate of drug-likeness (QED) is 0.612. The number of hydrogen-bond acceptors (Lipinski definition) is 4. The Hall–Kier alpha value is 0.300. The van der Waals surface area contributed by atoms with E-state index in [2.05, 4.69) is 51.7 Å². The molecule has 0 amide bonds. The summed E-state index contributed by atoms with van der Waals surface area (Å²) in [5, 5.41) is 5.90. The van der Waals surface area contributed by atoms with Crippen LogP contribution in [-0.2, 0) is 18.2 Å².